The molecule has 0 aliphatic carbocycles. The lowest BCUT2D eigenvalue weighted by molar-refractivity contribution is 0.626. The molecule has 2 aromatic rings. The average Bonchev–Trinajstić information content (AvgIpc) is 2.76. The molecule has 0 saturated carbocycles. The Kier molecular flexibility index (Phi) is 3.99. The van der Waals surface area contributed by atoms with E-state index in [1.807, 2.05) is 24.0 Å². The van der Waals surface area contributed by atoms with E-state index in [1.165, 1.54) is 16.9 Å². The molecule has 0 amide bonds. The van der Waals surface area contributed by atoms with Gasteiger partial charge in [0.15, 0.2) is 0 Å². The fourth-order valence-corrected chi connectivity index (χ4v) is 1.82. The first-order valence-electron chi connectivity index (χ1n) is 6.10. The normalized spacial score (nSPS) is 10.6. The molecule has 0 unspecified atom stereocenters. The number of hydrogen-bond donors (Lipinski definition) is 1. The molecule has 1 aromatic carbocycles. The molecular formula is C14H20N4. The molecule has 0 aliphatic rings. The molecule has 4 heteroatoms. The highest BCUT2D eigenvalue weighted by atomic mass is 15.3. The standard InChI is InChI=1S/C14H20N4/c1-17(2)13-6-4-12(5-7-13)10-15-11-14-8-9-16-18(14)3/h4-9,15H,10-11H2,1-3H3. The zero-order valence-corrected chi connectivity index (χ0v) is 11.2. The highest BCUT2D eigenvalue weighted by Crippen LogP contribution is 2.12. The van der Waals surface area contributed by atoms with Crippen molar-refractivity contribution in [2.45, 2.75) is 13.1 Å². The first-order chi connectivity index (χ1) is 8.66. The molecule has 2 rings (SSSR count). The van der Waals surface area contributed by atoms with Gasteiger partial charge in [-0.15, -0.1) is 0 Å². The summed E-state index contributed by atoms with van der Waals surface area (Å²) in [6.07, 6.45) is 1.82. The summed E-state index contributed by atoms with van der Waals surface area (Å²) in [7, 11) is 6.06. The van der Waals surface area contributed by atoms with Crippen LogP contribution in [0.15, 0.2) is 36.5 Å². The van der Waals surface area contributed by atoms with Crippen molar-refractivity contribution in [2.24, 2.45) is 7.05 Å². The van der Waals surface area contributed by atoms with Crippen LogP contribution in [0.3, 0.4) is 0 Å². The molecule has 0 atom stereocenters. The second-order valence-electron chi connectivity index (χ2n) is 4.61. The van der Waals surface area contributed by atoms with Gasteiger partial charge in [-0.1, -0.05) is 12.1 Å². The van der Waals surface area contributed by atoms with E-state index < -0.39 is 0 Å². The Balaban J connectivity index is 1.85. The summed E-state index contributed by atoms with van der Waals surface area (Å²) >= 11 is 0. The number of aryl methyl sites for hydroxylation is 1. The molecule has 0 spiro atoms. The number of hydrogen-bond acceptors (Lipinski definition) is 3. The van der Waals surface area contributed by atoms with Crippen LogP contribution >= 0.6 is 0 Å². The van der Waals surface area contributed by atoms with Crippen LogP contribution in [0.5, 0.6) is 0 Å². The van der Waals surface area contributed by atoms with Gasteiger partial charge >= 0.3 is 0 Å². The van der Waals surface area contributed by atoms with Gasteiger partial charge in [0.25, 0.3) is 0 Å². The molecule has 1 N–H and O–H groups in total. The number of nitrogens with zero attached hydrogens (tertiary/aromatic N) is 3. The summed E-state index contributed by atoms with van der Waals surface area (Å²) in [6, 6.07) is 10.6. The summed E-state index contributed by atoms with van der Waals surface area (Å²) in [5, 5.41) is 7.56. The van der Waals surface area contributed by atoms with Crippen LogP contribution in [0.2, 0.25) is 0 Å². The Morgan fingerprint density at radius 2 is 1.83 bits per heavy atom. The van der Waals surface area contributed by atoms with Gasteiger partial charge in [0.1, 0.15) is 0 Å². The average molecular weight is 244 g/mol. The van der Waals surface area contributed by atoms with Crippen LogP contribution in [0.1, 0.15) is 11.3 Å². The van der Waals surface area contributed by atoms with E-state index in [9.17, 15) is 0 Å². The topological polar surface area (TPSA) is 33.1 Å². The highest BCUT2D eigenvalue weighted by molar-refractivity contribution is 5.45. The molecule has 0 aliphatic heterocycles. The van der Waals surface area contributed by atoms with Gasteiger partial charge < -0.3 is 10.2 Å². The van der Waals surface area contributed by atoms with E-state index in [-0.39, 0.29) is 0 Å². The molecular weight excluding hydrogens is 224 g/mol. The molecule has 0 fully saturated rings. The van der Waals surface area contributed by atoms with Gasteiger partial charge in [-0.3, -0.25) is 4.68 Å². The van der Waals surface area contributed by atoms with Crippen molar-refractivity contribution < 1.29 is 0 Å². The molecule has 4 nitrogen and oxygen atoms in total. The maximum absolute atomic E-state index is 4.14. The van der Waals surface area contributed by atoms with Crippen LogP contribution in [0.4, 0.5) is 5.69 Å². The van der Waals surface area contributed by atoms with E-state index in [0.717, 1.165) is 13.1 Å². The minimum atomic E-state index is 0.839. The Bertz CT molecular complexity index is 485. The van der Waals surface area contributed by atoms with Crippen LogP contribution in [-0.2, 0) is 20.1 Å². The zero-order valence-electron chi connectivity index (χ0n) is 11.2. The number of anilines is 1. The van der Waals surface area contributed by atoms with Crippen molar-refractivity contribution in [3.8, 4) is 0 Å². The second kappa shape index (κ2) is 5.69. The van der Waals surface area contributed by atoms with Crippen molar-refractivity contribution in [2.75, 3.05) is 19.0 Å². The quantitative estimate of drug-likeness (QED) is 0.870. The third-order valence-corrected chi connectivity index (χ3v) is 3.01. The monoisotopic (exact) mass is 244 g/mol. The molecule has 1 heterocycles. The predicted octanol–water partition coefficient (Wildman–Crippen LogP) is 1.78. The van der Waals surface area contributed by atoms with E-state index in [4.69, 9.17) is 0 Å². The fourth-order valence-electron chi connectivity index (χ4n) is 1.82. The van der Waals surface area contributed by atoms with Crippen LogP contribution in [0, 0.1) is 0 Å². The van der Waals surface area contributed by atoms with E-state index in [1.54, 1.807) is 0 Å². The Hall–Kier alpha value is -1.81. The van der Waals surface area contributed by atoms with Gasteiger partial charge in [-0.25, -0.2) is 0 Å². The summed E-state index contributed by atoms with van der Waals surface area (Å²) in [4.78, 5) is 2.10. The zero-order chi connectivity index (χ0) is 13.0. The van der Waals surface area contributed by atoms with Crippen LogP contribution in [0.25, 0.3) is 0 Å². The highest BCUT2D eigenvalue weighted by Gasteiger charge is 1.99. The molecule has 96 valence electrons. The third kappa shape index (κ3) is 3.11. The Morgan fingerprint density at radius 1 is 1.11 bits per heavy atom. The molecule has 1 aromatic heterocycles. The number of aromatic nitrogens is 2. The molecule has 0 saturated heterocycles. The van der Waals surface area contributed by atoms with Crippen molar-refractivity contribution in [3.05, 3.63) is 47.8 Å². The maximum Gasteiger partial charge on any atom is 0.0518 e. The lowest BCUT2D eigenvalue weighted by Gasteiger charge is -2.13. The third-order valence-electron chi connectivity index (χ3n) is 3.01. The molecule has 0 bridgehead atoms. The smallest absolute Gasteiger partial charge is 0.0518 e. The Labute approximate surface area is 108 Å². The fraction of sp³-hybridized carbons (Fsp3) is 0.357. The van der Waals surface area contributed by atoms with Gasteiger partial charge in [-0.2, -0.15) is 5.10 Å². The second-order valence-corrected chi connectivity index (χ2v) is 4.61. The predicted molar refractivity (Wildman–Crippen MR) is 74.5 cm³/mol. The minimum Gasteiger partial charge on any atom is -0.378 e. The van der Waals surface area contributed by atoms with Crippen molar-refractivity contribution in [1.82, 2.24) is 15.1 Å². The lowest BCUT2D eigenvalue weighted by atomic mass is 10.2. The molecule has 0 radical (unpaired) electrons. The van der Waals surface area contributed by atoms with Gasteiger partial charge in [0.2, 0.25) is 0 Å². The maximum atomic E-state index is 4.14. The molecule has 18 heavy (non-hydrogen) atoms. The van der Waals surface area contributed by atoms with E-state index in [2.05, 4.69) is 53.7 Å². The largest absolute Gasteiger partial charge is 0.378 e. The summed E-state index contributed by atoms with van der Waals surface area (Å²) in [6.45, 7) is 1.71. The van der Waals surface area contributed by atoms with Crippen LogP contribution < -0.4 is 10.2 Å². The summed E-state index contributed by atoms with van der Waals surface area (Å²) in [5.74, 6) is 0. The van der Waals surface area contributed by atoms with E-state index >= 15 is 0 Å². The SMILES string of the molecule is CN(C)c1ccc(CNCc2ccnn2C)cc1. The van der Waals surface area contributed by atoms with Gasteiger partial charge in [0.05, 0.1) is 5.69 Å². The lowest BCUT2D eigenvalue weighted by Crippen LogP contribution is -2.15. The first kappa shape index (κ1) is 12.6. The first-order valence-corrected chi connectivity index (χ1v) is 6.10. The van der Waals surface area contributed by atoms with Crippen molar-refractivity contribution in [1.29, 1.82) is 0 Å². The summed E-state index contributed by atoms with van der Waals surface area (Å²) in [5.41, 5.74) is 3.72. The number of nitrogens with one attached hydrogen (secondary N) is 1. The van der Waals surface area contributed by atoms with E-state index in [0.29, 0.717) is 0 Å². The summed E-state index contributed by atoms with van der Waals surface area (Å²) < 4.78 is 1.89. The number of rotatable bonds is 5. The van der Waals surface area contributed by atoms with Gasteiger partial charge in [-0.05, 0) is 23.8 Å². The number of benzene rings is 1. The van der Waals surface area contributed by atoms with Crippen molar-refractivity contribution >= 4 is 5.69 Å². The Morgan fingerprint density at radius 3 is 2.39 bits per heavy atom. The van der Waals surface area contributed by atoms with Crippen LogP contribution in [-0.4, -0.2) is 23.9 Å². The van der Waals surface area contributed by atoms with Crippen molar-refractivity contribution in [3.63, 3.8) is 0 Å². The minimum absolute atomic E-state index is 0.839. The van der Waals surface area contributed by atoms with Gasteiger partial charge in [0, 0.05) is 46.1 Å².